The van der Waals surface area contributed by atoms with E-state index in [0.717, 1.165) is 39.2 Å². The number of hydrogen-bond acceptors (Lipinski definition) is 2. The molecular formula is C60H37N3. The molecule has 292 valence electrons. The van der Waals surface area contributed by atoms with Gasteiger partial charge in [0.15, 0.2) is 0 Å². The Balaban J connectivity index is 1.01. The Morgan fingerprint density at radius 3 is 1.16 bits per heavy atom. The standard InChI is InChI=1S/C60H37N3/c61-38-39-21-34-57-56(35-39)62-60(46-19-11-4-12-20-46)63(57)47-28-26-41(27-29-47)40-22-24-45(25-23-40)55-37-54(44-17-9-3-10-18-44)50-31-30-48-52(42-13-5-1-6-14-42)36-53(43-15-7-2-8-16-43)49-32-33-51(55)59(50)58(48)49/h1-37H. The Morgan fingerprint density at radius 2 is 0.730 bits per heavy atom. The molecule has 0 unspecified atom stereocenters. The Kier molecular flexibility index (Phi) is 8.55. The van der Waals surface area contributed by atoms with E-state index in [1.807, 2.05) is 36.4 Å². The van der Waals surface area contributed by atoms with Crippen molar-refractivity contribution in [3.63, 3.8) is 0 Å². The van der Waals surface area contributed by atoms with Crippen LogP contribution in [0.1, 0.15) is 5.56 Å². The van der Waals surface area contributed by atoms with E-state index in [9.17, 15) is 5.26 Å². The molecular weight excluding hydrogens is 763 g/mol. The zero-order valence-corrected chi connectivity index (χ0v) is 34.2. The molecule has 1 aromatic heterocycles. The molecule has 3 heteroatoms. The molecule has 0 N–H and O–H groups in total. The van der Waals surface area contributed by atoms with Gasteiger partial charge >= 0.3 is 0 Å². The third-order valence-electron chi connectivity index (χ3n) is 12.6. The molecule has 63 heavy (non-hydrogen) atoms. The largest absolute Gasteiger partial charge is 0.292 e. The van der Waals surface area contributed by atoms with Crippen LogP contribution in [0.3, 0.4) is 0 Å². The van der Waals surface area contributed by atoms with Gasteiger partial charge in [-0.05, 0) is 130 Å². The first-order chi connectivity index (χ1) is 31.2. The summed E-state index contributed by atoms with van der Waals surface area (Å²) in [4.78, 5) is 5.01. The normalized spacial score (nSPS) is 11.5. The van der Waals surface area contributed by atoms with Crippen molar-refractivity contribution < 1.29 is 0 Å². The minimum Gasteiger partial charge on any atom is -0.292 e. The number of fused-ring (bicyclic) bond motifs is 1. The van der Waals surface area contributed by atoms with E-state index in [2.05, 4.69) is 199 Å². The molecule has 0 spiro atoms. The Labute approximate surface area is 365 Å². The first kappa shape index (κ1) is 36.3. The summed E-state index contributed by atoms with van der Waals surface area (Å²) in [6.45, 7) is 0. The summed E-state index contributed by atoms with van der Waals surface area (Å²) in [6.07, 6.45) is 0. The van der Waals surface area contributed by atoms with Crippen molar-refractivity contribution in [3.05, 3.63) is 230 Å². The SMILES string of the molecule is N#Cc1ccc2c(c1)nc(-c1ccccc1)n2-c1ccc(-c2ccc(-c3cc(-c4ccccc4)c4ccc5c(-c6ccccc6)cc(-c6ccccc6)c6ccc3c4c56)cc2)cc1. The van der Waals surface area contributed by atoms with Crippen LogP contribution < -0.4 is 0 Å². The molecule has 0 aliphatic heterocycles. The lowest BCUT2D eigenvalue weighted by Gasteiger charge is -2.21. The summed E-state index contributed by atoms with van der Waals surface area (Å²) in [5, 5.41) is 17.2. The highest BCUT2D eigenvalue weighted by Gasteiger charge is 2.21. The van der Waals surface area contributed by atoms with Gasteiger partial charge in [0.2, 0.25) is 0 Å². The van der Waals surface area contributed by atoms with Gasteiger partial charge in [0, 0.05) is 11.3 Å². The summed E-state index contributed by atoms with van der Waals surface area (Å²) in [6, 6.07) is 82.6. The molecule has 3 nitrogen and oxygen atoms in total. The van der Waals surface area contributed by atoms with Crippen molar-refractivity contribution in [2.45, 2.75) is 0 Å². The maximum Gasteiger partial charge on any atom is 0.145 e. The second-order valence-electron chi connectivity index (χ2n) is 16.2. The van der Waals surface area contributed by atoms with E-state index in [1.165, 1.54) is 76.8 Å². The number of rotatable bonds is 7. The van der Waals surface area contributed by atoms with Crippen molar-refractivity contribution in [1.82, 2.24) is 9.55 Å². The zero-order valence-electron chi connectivity index (χ0n) is 34.2. The lowest BCUT2D eigenvalue weighted by atomic mass is 9.82. The van der Waals surface area contributed by atoms with Gasteiger partial charge in [-0.1, -0.05) is 182 Å². The van der Waals surface area contributed by atoms with Gasteiger partial charge in [0.05, 0.1) is 22.7 Å². The second kappa shape index (κ2) is 14.9. The average molecular weight is 800 g/mol. The van der Waals surface area contributed by atoms with Gasteiger partial charge in [-0.25, -0.2) is 4.98 Å². The minimum atomic E-state index is 0.596. The van der Waals surface area contributed by atoms with E-state index in [0.29, 0.717) is 5.56 Å². The lowest BCUT2D eigenvalue weighted by molar-refractivity contribution is 1.10. The van der Waals surface area contributed by atoms with Gasteiger partial charge in [0.1, 0.15) is 5.82 Å². The Bertz CT molecular complexity index is 3620. The van der Waals surface area contributed by atoms with Crippen molar-refractivity contribution >= 4 is 43.4 Å². The van der Waals surface area contributed by atoms with E-state index < -0.39 is 0 Å². The quantitative estimate of drug-likeness (QED) is 0.151. The van der Waals surface area contributed by atoms with E-state index in [-0.39, 0.29) is 0 Å². The van der Waals surface area contributed by atoms with Crippen LogP contribution in [0.4, 0.5) is 0 Å². The number of imidazole rings is 1. The van der Waals surface area contributed by atoms with Crippen molar-refractivity contribution in [1.29, 1.82) is 5.26 Å². The maximum absolute atomic E-state index is 9.60. The Morgan fingerprint density at radius 1 is 0.349 bits per heavy atom. The smallest absolute Gasteiger partial charge is 0.145 e. The number of benzene rings is 11. The number of nitriles is 1. The maximum atomic E-state index is 9.60. The summed E-state index contributed by atoms with van der Waals surface area (Å²) < 4.78 is 2.18. The van der Waals surface area contributed by atoms with Crippen LogP contribution >= 0.6 is 0 Å². The highest BCUT2D eigenvalue weighted by molar-refractivity contribution is 6.32. The zero-order chi connectivity index (χ0) is 41.9. The monoisotopic (exact) mass is 799 g/mol. The molecule has 12 rings (SSSR count). The van der Waals surface area contributed by atoms with Crippen LogP contribution in [0.25, 0.3) is 116 Å². The second-order valence-corrected chi connectivity index (χ2v) is 16.2. The molecule has 0 saturated carbocycles. The molecule has 0 amide bonds. The summed E-state index contributed by atoms with van der Waals surface area (Å²) in [7, 11) is 0. The van der Waals surface area contributed by atoms with Gasteiger partial charge in [-0.15, -0.1) is 0 Å². The highest BCUT2D eigenvalue weighted by atomic mass is 15.1. The summed E-state index contributed by atoms with van der Waals surface area (Å²) in [5.41, 5.74) is 16.4. The molecule has 0 atom stereocenters. The minimum absolute atomic E-state index is 0.596. The highest BCUT2D eigenvalue weighted by Crippen LogP contribution is 2.48. The van der Waals surface area contributed by atoms with E-state index >= 15 is 0 Å². The van der Waals surface area contributed by atoms with Gasteiger partial charge in [-0.3, -0.25) is 4.57 Å². The fraction of sp³-hybridized carbons (Fsp3) is 0. The fourth-order valence-electron chi connectivity index (χ4n) is 9.64. The van der Waals surface area contributed by atoms with Gasteiger partial charge < -0.3 is 0 Å². The van der Waals surface area contributed by atoms with Crippen LogP contribution in [0.15, 0.2) is 224 Å². The predicted molar refractivity (Wildman–Crippen MR) is 262 cm³/mol. The third-order valence-corrected chi connectivity index (χ3v) is 12.6. The lowest BCUT2D eigenvalue weighted by Crippen LogP contribution is -1.97. The number of aromatic nitrogens is 2. The number of hydrogen-bond donors (Lipinski definition) is 0. The van der Waals surface area contributed by atoms with Crippen LogP contribution in [-0.2, 0) is 0 Å². The third kappa shape index (κ3) is 6.08. The van der Waals surface area contributed by atoms with Crippen molar-refractivity contribution in [2.24, 2.45) is 0 Å². The molecule has 0 aliphatic rings. The topological polar surface area (TPSA) is 41.6 Å². The number of nitrogens with zero attached hydrogens (tertiary/aromatic N) is 3. The van der Waals surface area contributed by atoms with Gasteiger partial charge in [0.25, 0.3) is 0 Å². The predicted octanol–water partition coefficient (Wildman–Crippen LogP) is 15.8. The first-order valence-corrected chi connectivity index (χ1v) is 21.3. The summed E-state index contributed by atoms with van der Waals surface area (Å²) in [5.74, 6) is 0.841. The average Bonchev–Trinajstić information content (AvgIpc) is 3.75. The van der Waals surface area contributed by atoms with Crippen LogP contribution in [-0.4, -0.2) is 9.55 Å². The van der Waals surface area contributed by atoms with Gasteiger partial charge in [-0.2, -0.15) is 5.26 Å². The first-order valence-electron chi connectivity index (χ1n) is 21.3. The van der Waals surface area contributed by atoms with Crippen LogP contribution in [0.5, 0.6) is 0 Å². The molecule has 0 bridgehead atoms. The van der Waals surface area contributed by atoms with Crippen molar-refractivity contribution in [2.75, 3.05) is 0 Å². The molecule has 0 fully saturated rings. The van der Waals surface area contributed by atoms with Crippen LogP contribution in [0, 0.1) is 11.3 Å². The molecule has 0 radical (unpaired) electrons. The van der Waals surface area contributed by atoms with E-state index in [4.69, 9.17) is 4.98 Å². The van der Waals surface area contributed by atoms with E-state index in [1.54, 1.807) is 0 Å². The Hall–Kier alpha value is -8.58. The molecule has 0 aliphatic carbocycles. The molecule has 12 aromatic rings. The molecule has 1 heterocycles. The molecule has 0 saturated heterocycles. The van der Waals surface area contributed by atoms with Crippen LogP contribution in [0.2, 0.25) is 0 Å². The molecule has 11 aromatic carbocycles. The van der Waals surface area contributed by atoms with Crippen molar-refractivity contribution in [3.8, 4) is 78.8 Å². The summed E-state index contributed by atoms with van der Waals surface area (Å²) >= 11 is 0. The fourth-order valence-corrected chi connectivity index (χ4v) is 9.64.